The van der Waals surface area contributed by atoms with E-state index >= 15 is 0 Å². The molecule has 3 rings (SSSR count). The van der Waals surface area contributed by atoms with Gasteiger partial charge in [0.1, 0.15) is 6.23 Å². The van der Waals surface area contributed by atoms with E-state index in [9.17, 15) is 4.79 Å². The van der Waals surface area contributed by atoms with Crippen molar-refractivity contribution in [3.8, 4) is 0 Å². The molecular weight excluding hydrogens is 232 g/mol. The van der Waals surface area contributed by atoms with Crippen molar-refractivity contribution < 1.29 is 9.53 Å². The Hall–Kier alpha value is -1.95. The molecule has 1 atom stereocenters. The Labute approximate surface area is 104 Å². The van der Waals surface area contributed by atoms with Crippen LogP contribution in [-0.2, 0) is 4.74 Å². The van der Waals surface area contributed by atoms with Crippen LogP contribution in [0.3, 0.4) is 0 Å². The fourth-order valence-corrected chi connectivity index (χ4v) is 2.15. The van der Waals surface area contributed by atoms with Crippen LogP contribution >= 0.6 is 0 Å². The summed E-state index contributed by atoms with van der Waals surface area (Å²) in [4.78, 5) is 15.2. The lowest BCUT2D eigenvalue weighted by Gasteiger charge is -2.22. The lowest BCUT2D eigenvalue weighted by molar-refractivity contribution is -0.0391. The van der Waals surface area contributed by atoms with Gasteiger partial charge in [-0.2, -0.15) is 0 Å². The lowest BCUT2D eigenvalue weighted by Crippen LogP contribution is -2.18. The fourth-order valence-electron chi connectivity index (χ4n) is 2.15. The largest absolute Gasteiger partial charge is 0.366 e. The van der Waals surface area contributed by atoms with Crippen LogP contribution in [0, 0.1) is 0 Å². The van der Waals surface area contributed by atoms with Crippen molar-refractivity contribution in [2.24, 2.45) is 5.73 Å². The third-order valence-electron chi connectivity index (χ3n) is 3.11. The molecule has 0 radical (unpaired) electrons. The van der Waals surface area contributed by atoms with Gasteiger partial charge in [-0.25, -0.2) is 9.67 Å². The molecule has 18 heavy (non-hydrogen) atoms. The smallest absolute Gasteiger partial charge is 0.250 e. The molecule has 3 heterocycles. The minimum atomic E-state index is -0.480. The lowest BCUT2D eigenvalue weighted by atomic mass is 10.2. The molecule has 0 bridgehead atoms. The van der Waals surface area contributed by atoms with Gasteiger partial charge in [-0.05, 0) is 25.3 Å². The number of carbonyl (C=O) groups is 1. The number of fused-ring (bicyclic) bond motifs is 1. The van der Waals surface area contributed by atoms with Crippen molar-refractivity contribution in [1.29, 1.82) is 0 Å². The molecule has 6 nitrogen and oxygen atoms in total. The molecule has 0 aromatic carbocycles. The maximum Gasteiger partial charge on any atom is 0.250 e. The van der Waals surface area contributed by atoms with Gasteiger partial charge in [-0.15, -0.1) is 5.10 Å². The van der Waals surface area contributed by atoms with Crippen LogP contribution < -0.4 is 5.73 Å². The second-order valence-corrected chi connectivity index (χ2v) is 4.43. The highest BCUT2D eigenvalue weighted by Crippen LogP contribution is 2.23. The van der Waals surface area contributed by atoms with Crippen molar-refractivity contribution in [2.45, 2.75) is 25.5 Å². The van der Waals surface area contributed by atoms with E-state index in [0.717, 1.165) is 31.3 Å². The summed E-state index contributed by atoms with van der Waals surface area (Å²) in [5, 5.41) is 5.17. The highest BCUT2D eigenvalue weighted by atomic mass is 16.5. The first kappa shape index (κ1) is 11.2. The van der Waals surface area contributed by atoms with Crippen LogP contribution in [0.4, 0.5) is 0 Å². The van der Waals surface area contributed by atoms with Crippen LogP contribution in [0.15, 0.2) is 18.5 Å². The number of pyridine rings is 1. The molecule has 2 N–H and O–H groups in total. The van der Waals surface area contributed by atoms with Gasteiger partial charge in [-0.1, -0.05) is 0 Å². The molecule has 94 valence electrons. The van der Waals surface area contributed by atoms with Gasteiger partial charge in [-0.3, -0.25) is 4.79 Å². The zero-order chi connectivity index (χ0) is 12.5. The van der Waals surface area contributed by atoms with Gasteiger partial charge in [0.05, 0.1) is 5.56 Å². The Morgan fingerprint density at radius 3 is 3.11 bits per heavy atom. The van der Waals surface area contributed by atoms with Crippen molar-refractivity contribution in [2.75, 3.05) is 6.61 Å². The summed E-state index contributed by atoms with van der Waals surface area (Å²) >= 11 is 0. The minimum Gasteiger partial charge on any atom is -0.366 e. The highest BCUT2D eigenvalue weighted by molar-refractivity contribution is 5.95. The average molecular weight is 246 g/mol. The normalized spacial score (nSPS) is 20.1. The molecule has 1 fully saturated rings. The van der Waals surface area contributed by atoms with Crippen molar-refractivity contribution in [3.05, 3.63) is 24.0 Å². The SMILES string of the molecule is NC(=O)c1cnc2nn(C3CCCCO3)cc2c1. The van der Waals surface area contributed by atoms with Crippen molar-refractivity contribution >= 4 is 16.9 Å². The molecule has 0 aliphatic carbocycles. The quantitative estimate of drug-likeness (QED) is 0.863. The van der Waals surface area contributed by atoms with E-state index in [-0.39, 0.29) is 6.23 Å². The molecule has 2 aromatic heterocycles. The topological polar surface area (TPSA) is 83.0 Å². The third-order valence-corrected chi connectivity index (χ3v) is 3.11. The number of primary amides is 1. The monoisotopic (exact) mass is 246 g/mol. The highest BCUT2D eigenvalue weighted by Gasteiger charge is 2.17. The molecule has 1 amide bonds. The van der Waals surface area contributed by atoms with E-state index in [1.54, 1.807) is 10.7 Å². The number of hydrogen-bond acceptors (Lipinski definition) is 4. The number of ether oxygens (including phenoxy) is 1. The first-order valence-electron chi connectivity index (χ1n) is 6.00. The van der Waals surface area contributed by atoms with E-state index in [1.165, 1.54) is 6.20 Å². The molecule has 0 spiro atoms. The Morgan fingerprint density at radius 2 is 2.39 bits per heavy atom. The Morgan fingerprint density at radius 1 is 1.50 bits per heavy atom. The molecular formula is C12H14N4O2. The van der Waals surface area contributed by atoms with Gasteiger partial charge in [0, 0.05) is 24.4 Å². The summed E-state index contributed by atoms with van der Waals surface area (Å²) in [6.45, 7) is 0.765. The van der Waals surface area contributed by atoms with E-state index in [0.29, 0.717) is 11.2 Å². The summed E-state index contributed by atoms with van der Waals surface area (Å²) in [6, 6.07) is 1.71. The molecule has 0 saturated carbocycles. The predicted molar refractivity (Wildman–Crippen MR) is 64.9 cm³/mol. The first-order chi connectivity index (χ1) is 8.74. The molecule has 1 aliphatic heterocycles. The van der Waals surface area contributed by atoms with Crippen LogP contribution in [-0.4, -0.2) is 27.3 Å². The second-order valence-electron chi connectivity index (χ2n) is 4.43. The average Bonchev–Trinajstić information content (AvgIpc) is 2.82. The van der Waals surface area contributed by atoms with E-state index < -0.39 is 5.91 Å². The standard InChI is InChI=1S/C12H14N4O2/c13-11(17)8-5-9-7-16(15-12(9)14-6-8)10-3-1-2-4-18-10/h5-7,10H,1-4H2,(H2,13,17). The van der Waals surface area contributed by atoms with Crippen LogP contribution in [0.1, 0.15) is 35.8 Å². The fraction of sp³-hybridized carbons (Fsp3) is 0.417. The number of hydrogen-bond donors (Lipinski definition) is 1. The summed E-state index contributed by atoms with van der Waals surface area (Å²) in [6.07, 6.45) is 6.47. The zero-order valence-corrected chi connectivity index (χ0v) is 9.87. The van der Waals surface area contributed by atoms with Gasteiger partial charge < -0.3 is 10.5 Å². The number of nitrogens with two attached hydrogens (primary N) is 1. The first-order valence-corrected chi connectivity index (χ1v) is 6.00. The molecule has 1 unspecified atom stereocenters. The third kappa shape index (κ3) is 1.95. The minimum absolute atomic E-state index is 0.0232. The van der Waals surface area contributed by atoms with E-state index in [1.807, 2.05) is 6.20 Å². The Bertz CT molecular complexity index is 587. The zero-order valence-electron chi connectivity index (χ0n) is 9.87. The molecule has 2 aromatic rings. The predicted octanol–water partition coefficient (Wildman–Crippen LogP) is 1.23. The summed E-state index contributed by atoms with van der Waals surface area (Å²) in [5.74, 6) is -0.480. The van der Waals surface area contributed by atoms with E-state index in [4.69, 9.17) is 10.5 Å². The summed E-state index contributed by atoms with van der Waals surface area (Å²) in [7, 11) is 0. The Kier molecular flexibility index (Phi) is 2.71. The second kappa shape index (κ2) is 4.38. The summed E-state index contributed by atoms with van der Waals surface area (Å²) < 4.78 is 7.43. The summed E-state index contributed by atoms with van der Waals surface area (Å²) in [5.41, 5.74) is 6.22. The van der Waals surface area contributed by atoms with Gasteiger partial charge in [0.2, 0.25) is 5.91 Å². The van der Waals surface area contributed by atoms with Crippen LogP contribution in [0.5, 0.6) is 0 Å². The van der Waals surface area contributed by atoms with Crippen molar-refractivity contribution in [3.63, 3.8) is 0 Å². The molecule has 1 aliphatic rings. The molecule has 1 saturated heterocycles. The van der Waals surface area contributed by atoms with Gasteiger partial charge >= 0.3 is 0 Å². The number of amides is 1. The van der Waals surface area contributed by atoms with E-state index in [2.05, 4.69) is 10.1 Å². The van der Waals surface area contributed by atoms with Crippen molar-refractivity contribution in [1.82, 2.24) is 14.8 Å². The maximum absolute atomic E-state index is 11.1. The Balaban J connectivity index is 1.97. The van der Waals surface area contributed by atoms with Gasteiger partial charge in [0.15, 0.2) is 5.65 Å². The van der Waals surface area contributed by atoms with Gasteiger partial charge in [0.25, 0.3) is 0 Å². The van der Waals surface area contributed by atoms with Crippen LogP contribution in [0.25, 0.3) is 11.0 Å². The number of aromatic nitrogens is 3. The number of rotatable bonds is 2. The van der Waals surface area contributed by atoms with Crippen LogP contribution in [0.2, 0.25) is 0 Å². The number of nitrogens with zero attached hydrogens (tertiary/aromatic N) is 3. The maximum atomic E-state index is 11.1. The molecule has 6 heteroatoms. The number of carbonyl (C=O) groups excluding carboxylic acids is 1.